The van der Waals surface area contributed by atoms with Gasteiger partial charge in [-0.3, -0.25) is 19.1 Å². The minimum absolute atomic E-state index is 0.0297. The molecular formula is C19H29N3O8. The molecule has 2 aliphatic rings. The van der Waals surface area contributed by atoms with E-state index in [2.05, 4.69) is 10.3 Å². The van der Waals surface area contributed by atoms with E-state index < -0.39 is 53.1 Å². The quantitative estimate of drug-likeness (QED) is 0.506. The van der Waals surface area contributed by atoms with Gasteiger partial charge in [0.05, 0.1) is 13.2 Å². The molecule has 11 nitrogen and oxygen atoms in total. The van der Waals surface area contributed by atoms with Gasteiger partial charge in [-0.1, -0.05) is 0 Å². The van der Waals surface area contributed by atoms with Gasteiger partial charge >= 0.3 is 11.7 Å². The van der Waals surface area contributed by atoms with Gasteiger partial charge in [-0.2, -0.15) is 0 Å². The zero-order valence-electron chi connectivity index (χ0n) is 17.8. The number of nitrogens with one attached hydrogen (secondary N) is 2. The number of hydrogen-bond acceptors (Lipinski definition) is 9. The number of nitrogens with zero attached hydrogens (tertiary/aromatic N) is 1. The normalized spacial score (nSPS) is 27.8. The van der Waals surface area contributed by atoms with Crippen LogP contribution < -0.4 is 16.6 Å². The Bertz CT molecular complexity index is 900. The number of aromatic nitrogens is 2. The zero-order valence-corrected chi connectivity index (χ0v) is 17.8. The number of ether oxygens (including phenoxy) is 4. The van der Waals surface area contributed by atoms with Crippen molar-refractivity contribution in [3.63, 3.8) is 0 Å². The third-order valence-corrected chi connectivity index (χ3v) is 4.63. The summed E-state index contributed by atoms with van der Waals surface area (Å²) in [5.74, 6) is -1.35. The first-order valence-corrected chi connectivity index (χ1v) is 9.79. The Kier molecular flexibility index (Phi) is 6.21. The molecule has 0 bridgehead atoms. The van der Waals surface area contributed by atoms with Gasteiger partial charge in [0.2, 0.25) is 0 Å². The van der Waals surface area contributed by atoms with E-state index in [0.29, 0.717) is 0 Å². The Morgan fingerprint density at radius 1 is 1.30 bits per heavy atom. The van der Waals surface area contributed by atoms with E-state index in [0.717, 1.165) is 0 Å². The molecule has 30 heavy (non-hydrogen) atoms. The second-order valence-corrected chi connectivity index (χ2v) is 8.82. The maximum atomic E-state index is 12.4. The molecule has 3 N–H and O–H groups in total. The highest BCUT2D eigenvalue weighted by Gasteiger charge is 2.55. The highest BCUT2D eigenvalue weighted by molar-refractivity contribution is 5.72. The summed E-state index contributed by atoms with van der Waals surface area (Å²) in [5.41, 5.74) is -1.64. The van der Waals surface area contributed by atoms with Crippen LogP contribution in [0.3, 0.4) is 0 Å². The summed E-state index contributed by atoms with van der Waals surface area (Å²) in [6.07, 6.45) is -1.39. The van der Waals surface area contributed by atoms with Crippen LogP contribution in [0.15, 0.2) is 15.8 Å². The van der Waals surface area contributed by atoms with Gasteiger partial charge in [0.15, 0.2) is 12.0 Å². The fraction of sp³-hybridized carbons (Fsp3) is 0.737. The number of fused-ring (bicyclic) bond motifs is 1. The van der Waals surface area contributed by atoms with Crippen molar-refractivity contribution in [2.75, 3.05) is 13.2 Å². The lowest BCUT2D eigenvalue weighted by atomic mass is 10.1. The molecule has 2 fully saturated rings. The highest BCUT2D eigenvalue weighted by atomic mass is 16.8. The van der Waals surface area contributed by atoms with Gasteiger partial charge < -0.3 is 29.4 Å². The van der Waals surface area contributed by atoms with Crippen LogP contribution in [0.2, 0.25) is 0 Å². The van der Waals surface area contributed by atoms with E-state index in [1.165, 1.54) is 10.8 Å². The maximum absolute atomic E-state index is 12.4. The summed E-state index contributed by atoms with van der Waals surface area (Å²) < 4.78 is 23.9. The molecule has 1 aromatic heterocycles. The Hall–Kier alpha value is -2.05. The monoisotopic (exact) mass is 427 g/mol. The smallest absolute Gasteiger partial charge is 0.330 e. The summed E-state index contributed by atoms with van der Waals surface area (Å²) in [6.45, 7) is 8.37. The molecule has 0 amide bonds. The first-order valence-electron chi connectivity index (χ1n) is 9.79. The van der Waals surface area contributed by atoms with Crippen molar-refractivity contribution in [2.45, 2.75) is 77.1 Å². The van der Waals surface area contributed by atoms with Crippen LogP contribution >= 0.6 is 0 Å². The number of aromatic amines is 1. The van der Waals surface area contributed by atoms with Crippen molar-refractivity contribution in [3.8, 4) is 0 Å². The van der Waals surface area contributed by atoms with E-state index in [-0.39, 0.29) is 25.3 Å². The second-order valence-electron chi connectivity index (χ2n) is 8.82. The molecule has 0 spiro atoms. The fourth-order valence-electron chi connectivity index (χ4n) is 3.55. The number of aliphatic hydroxyl groups is 1. The van der Waals surface area contributed by atoms with Crippen molar-refractivity contribution in [1.29, 1.82) is 0 Å². The first-order chi connectivity index (χ1) is 13.9. The van der Waals surface area contributed by atoms with Crippen molar-refractivity contribution in [2.24, 2.45) is 0 Å². The molecule has 0 aliphatic carbocycles. The van der Waals surface area contributed by atoms with Crippen molar-refractivity contribution < 1.29 is 28.8 Å². The number of H-pyrrole nitrogens is 1. The van der Waals surface area contributed by atoms with Crippen molar-refractivity contribution in [3.05, 3.63) is 32.6 Å². The fourth-order valence-corrected chi connectivity index (χ4v) is 3.55. The van der Waals surface area contributed by atoms with Gasteiger partial charge in [-0.05, 0) is 34.6 Å². The number of aliphatic hydroxyl groups excluding tert-OH is 1. The number of carbonyl (C=O) groups is 1. The Morgan fingerprint density at radius 2 is 1.97 bits per heavy atom. The average Bonchev–Trinajstić information content (AvgIpc) is 3.08. The van der Waals surface area contributed by atoms with Crippen LogP contribution in [0.5, 0.6) is 0 Å². The molecule has 0 saturated carbocycles. The third-order valence-electron chi connectivity index (χ3n) is 4.63. The van der Waals surface area contributed by atoms with E-state index >= 15 is 0 Å². The van der Waals surface area contributed by atoms with Crippen molar-refractivity contribution in [1.82, 2.24) is 14.9 Å². The average molecular weight is 427 g/mol. The minimum Gasteiger partial charge on any atom is -0.459 e. The van der Waals surface area contributed by atoms with Gasteiger partial charge in [0.25, 0.3) is 5.56 Å². The standard InChI is InChI=1S/C19H29N3O8/c1-18(2,3)28-12(24)7-20-6-10-8-22(17(26)21-15(10)25)16-14-13(11(9-23)27-16)29-19(4,5)30-14/h8,11,13-14,16,20,23H,6-7,9H2,1-5H3,(H,21,25,26)/t11-,13?,14+,16-/m1/s1. The lowest BCUT2D eigenvalue weighted by Gasteiger charge is -2.24. The third kappa shape index (κ3) is 4.98. The summed E-state index contributed by atoms with van der Waals surface area (Å²) in [5, 5.41) is 12.4. The molecule has 2 aliphatic heterocycles. The Labute approximate surface area is 173 Å². The molecular weight excluding hydrogens is 398 g/mol. The van der Waals surface area contributed by atoms with E-state index in [1.54, 1.807) is 34.6 Å². The summed E-state index contributed by atoms with van der Waals surface area (Å²) in [4.78, 5) is 38.7. The van der Waals surface area contributed by atoms with Crippen LogP contribution in [0.1, 0.15) is 46.4 Å². The number of rotatable bonds is 6. The largest absolute Gasteiger partial charge is 0.459 e. The maximum Gasteiger partial charge on any atom is 0.330 e. The molecule has 1 aromatic rings. The van der Waals surface area contributed by atoms with E-state index in [4.69, 9.17) is 18.9 Å². The first kappa shape index (κ1) is 22.6. The molecule has 168 valence electrons. The molecule has 4 atom stereocenters. The van der Waals surface area contributed by atoms with Crippen LogP contribution in [-0.4, -0.2) is 63.5 Å². The lowest BCUT2D eigenvalue weighted by molar-refractivity contribution is -0.200. The summed E-state index contributed by atoms with van der Waals surface area (Å²) >= 11 is 0. The van der Waals surface area contributed by atoms with E-state index in [9.17, 15) is 19.5 Å². The lowest BCUT2D eigenvalue weighted by Crippen LogP contribution is -2.39. The molecule has 2 saturated heterocycles. The SMILES string of the molecule is CC(C)(C)OC(=O)CNCc1cn([C@@H]2O[C@H](CO)C3OC(C)(C)O[C@@H]32)c(=O)[nH]c1=O. The predicted octanol–water partition coefficient (Wildman–Crippen LogP) is -0.622. The predicted molar refractivity (Wildman–Crippen MR) is 104 cm³/mol. The van der Waals surface area contributed by atoms with Gasteiger partial charge in [0.1, 0.15) is 23.9 Å². The van der Waals surface area contributed by atoms with Crippen LogP contribution in [-0.2, 0) is 30.3 Å². The number of carbonyl (C=O) groups excluding carboxylic acids is 1. The van der Waals surface area contributed by atoms with E-state index in [1.807, 2.05) is 0 Å². The number of esters is 1. The molecule has 0 radical (unpaired) electrons. The van der Waals surface area contributed by atoms with Crippen LogP contribution in [0, 0.1) is 0 Å². The van der Waals surface area contributed by atoms with Gasteiger partial charge in [-0.15, -0.1) is 0 Å². The molecule has 0 aromatic carbocycles. The van der Waals surface area contributed by atoms with Crippen LogP contribution in [0.4, 0.5) is 0 Å². The molecule has 3 rings (SSSR count). The summed E-state index contributed by atoms with van der Waals surface area (Å²) in [7, 11) is 0. The minimum atomic E-state index is -0.894. The Morgan fingerprint density at radius 3 is 2.60 bits per heavy atom. The molecule has 11 heteroatoms. The zero-order chi connectivity index (χ0) is 22.3. The summed E-state index contributed by atoms with van der Waals surface area (Å²) in [6, 6.07) is 0. The van der Waals surface area contributed by atoms with Crippen molar-refractivity contribution >= 4 is 5.97 Å². The second kappa shape index (κ2) is 8.23. The molecule has 1 unspecified atom stereocenters. The topological polar surface area (TPSA) is 141 Å². The van der Waals surface area contributed by atoms with Gasteiger partial charge in [-0.25, -0.2) is 4.79 Å². The van der Waals surface area contributed by atoms with Gasteiger partial charge in [0, 0.05) is 18.3 Å². The number of hydrogen-bond donors (Lipinski definition) is 3. The Balaban J connectivity index is 1.76. The highest BCUT2D eigenvalue weighted by Crippen LogP contribution is 2.42. The van der Waals surface area contributed by atoms with Crippen LogP contribution in [0.25, 0.3) is 0 Å². The molecule has 3 heterocycles.